The van der Waals surface area contributed by atoms with Gasteiger partial charge in [-0.15, -0.1) is 0 Å². The molecule has 0 aliphatic heterocycles. The molecule has 0 aromatic heterocycles. The first-order valence-electron chi connectivity index (χ1n) is 16.6. The van der Waals surface area contributed by atoms with Crippen molar-refractivity contribution < 1.29 is 18.8 Å². The lowest BCUT2D eigenvalue weighted by molar-refractivity contribution is -0.905. The Hall–Kier alpha value is -2.33. The second kappa shape index (κ2) is 20.5. The Bertz CT molecular complexity index is 942. The van der Waals surface area contributed by atoms with Gasteiger partial charge in [0.05, 0.1) is 33.4 Å². The number of hydrogen-bond donors (Lipinski definition) is 0. The zero-order chi connectivity index (χ0) is 29.8. The van der Waals surface area contributed by atoms with Crippen molar-refractivity contribution in [3.05, 3.63) is 65.7 Å². The molecule has 0 heterocycles. The Morgan fingerprint density at radius 1 is 0.756 bits per heavy atom. The number of hydrogen-bond acceptors (Lipinski definition) is 3. The Labute approximate surface area is 252 Å². The lowest BCUT2D eigenvalue weighted by Crippen LogP contribution is -2.44. The molecule has 2 unspecified atom stereocenters. The van der Waals surface area contributed by atoms with Crippen molar-refractivity contribution in [1.29, 1.82) is 0 Å². The molecule has 0 fully saturated rings. The van der Waals surface area contributed by atoms with Crippen LogP contribution in [-0.2, 0) is 22.5 Å². The molecular formula is C37H60NO3+. The molecule has 0 saturated carbocycles. The fourth-order valence-corrected chi connectivity index (χ4v) is 5.66. The van der Waals surface area contributed by atoms with Gasteiger partial charge in [-0.2, -0.15) is 0 Å². The number of aryl methyl sites for hydroxylation is 1. The van der Waals surface area contributed by atoms with Gasteiger partial charge in [0.2, 0.25) is 0 Å². The number of carbonyl (C=O) groups is 1. The minimum atomic E-state index is -0.151. The molecule has 41 heavy (non-hydrogen) atoms. The number of esters is 1. The second-order valence-corrected chi connectivity index (χ2v) is 12.8. The lowest BCUT2D eigenvalue weighted by Gasteiger charge is -2.32. The number of rotatable bonds is 23. The van der Waals surface area contributed by atoms with E-state index in [1.54, 1.807) is 0 Å². The van der Waals surface area contributed by atoms with E-state index in [9.17, 15) is 4.79 Å². The fourth-order valence-electron chi connectivity index (χ4n) is 5.66. The van der Waals surface area contributed by atoms with E-state index in [-0.39, 0.29) is 18.0 Å². The van der Waals surface area contributed by atoms with Gasteiger partial charge in [0, 0.05) is 12.0 Å². The van der Waals surface area contributed by atoms with Gasteiger partial charge in [0.25, 0.3) is 0 Å². The van der Waals surface area contributed by atoms with Crippen LogP contribution in [0.2, 0.25) is 0 Å². The number of carbonyl (C=O) groups excluding carboxylic acids is 1. The fraction of sp³-hybridized carbons (Fsp3) is 0.649. The number of quaternary nitrogens is 1. The van der Waals surface area contributed by atoms with Gasteiger partial charge in [-0.05, 0) is 44.4 Å². The highest BCUT2D eigenvalue weighted by molar-refractivity contribution is 5.72. The summed E-state index contributed by atoms with van der Waals surface area (Å²) in [7, 11) is 4.33. The van der Waals surface area contributed by atoms with Gasteiger partial charge in [-0.3, -0.25) is 4.79 Å². The van der Waals surface area contributed by atoms with Crippen molar-refractivity contribution in [2.45, 2.75) is 123 Å². The first-order valence-corrected chi connectivity index (χ1v) is 16.6. The molecule has 2 aromatic rings. The molecule has 2 rings (SSSR count). The van der Waals surface area contributed by atoms with E-state index >= 15 is 0 Å². The van der Waals surface area contributed by atoms with Crippen LogP contribution in [0, 0.1) is 5.92 Å². The molecule has 230 valence electrons. The van der Waals surface area contributed by atoms with Crippen LogP contribution in [0.3, 0.4) is 0 Å². The van der Waals surface area contributed by atoms with Crippen LogP contribution < -0.4 is 4.74 Å². The lowest BCUT2D eigenvalue weighted by atomic mass is 10.0. The standard InChI is InChI=1S/C37H60NO3/c1-6-7-8-9-10-11-12-13-14-15-16-18-22-34-25-21-26-36(29-34)41-33(3)27-28-40-37(39)32(2)30-38(4,5)31-35-23-19-17-20-24-35/h17,19-21,23-26,29,32-33H,6-16,18,22,27-28,30-31H2,1-5H3/q+1. The molecule has 2 aromatic carbocycles. The molecule has 0 aliphatic carbocycles. The molecule has 0 spiro atoms. The summed E-state index contributed by atoms with van der Waals surface area (Å²) in [5.41, 5.74) is 2.63. The summed E-state index contributed by atoms with van der Waals surface area (Å²) in [6.07, 6.45) is 18.3. The van der Waals surface area contributed by atoms with Gasteiger partial charge in [-0.25, -0.2) is 0 Å². The molecule has 0 bridgehead atoms. The Morgan fingerprint density at radius 3 is 1.98 bits per heavy atom. The molecule has 0 aliphatic rings. The summed E-state index contributed by atoms with van der Waals surface area (Å²) >= 11 is 0. The SMILES string of the molecule is CCCCCCCCCCCCCCc1cccc(OC(C)CCOC(=O)C(C)C[N+](C)(C)Cc2ccccc2)c1. The predicted octanol–water partition coefficient (Wildman–Crippen LogP) is 9.54. The highest BCUT2D eigenvalue weighted by Crippen LogP contribution is 2.19. The molecule has 0 amide bonds. The van der Waals surface area contributed by atoms with Crippen LogP contribution in [-0.4, -0.2) is 43.8 Å². The number of nitrogens with zero attached hydrogens (tertiary/aromatic N) is 1. The topological polar surface area (TPSA) is 35.5 Å². The summed E-state index contributed by atoms with van der Waals surface area (Å²) in [6.45, 7) is 8.32. The van der Waals surface area contributed by atoms with E-state index in [1.165, 1.54) is 88.2 Å². The van der Waals surface area contributed by atoms with Gasteiger partial charge in [0.15, 0.2) is 0 Å². The third-order valence-corrected chi connectivity index (χ3v) is 7.95. The van der Waals surface area contributed by atoms with Crippen LogP contribution in [0.1, 0.15) is 115 Å². The quantitative estimate of drug-likeness (QED) is 0.0763. The van der Waals surface area contributed by atoms with E-state index in [0.29, 0.717) is 13.0 Å². The number of unbranched alkanes of at least 4 members (excludes halogenated alkanes) is 11. The molecule has 0 radical (unpaired) electrons. The third-order valence-electron chi connectivity index (χ3n) is 7.95. The van der Waals surface area contributed by atoms with Gasteiger partial charge < -0.3 is 14.0 Å². The normalized spacial score (nSPS) is 13.1. The average molecular weight is 567 g/mol. The summed E-state index contributed by atoms with van der Waals surface area (Å²) in [5.74, 6) is 0.636. The maximum atomic E-state index is 12.6. The zero-order valence-corrected chi connectivity index (χ0v) is 27.0. The van der Waals surface area contributed by atoms with Crippen molar-refractivity contribution in [3.63, 3.8) is 0 Å². The van der Waals surface area contributed by atoms with Gasteiger partial charge in [0.1, 0.15) is 18.2 Å². The van der Waals surface area contributed by atoms with Crippen molar-refractivity contribution in [2.75, 3.05) is 27.2 Å². The molecule has 4 heteroatoms. The van der Waals surface area contributed by atoms with Crippen LogP contribution in [0.5, 0.6) is 5.75 Å². The van der Waals surface area contributed by atoms with Crippen LogP contribution in [0.4, 0.5) is 0 Å². The van der Waals surface area contributed by atoms with Crippen LogP contribution in [0.25, 0.3) is 0 Å². The van der Waals surface area contributed by atoms with Crippen molar-refractivity contribution >= 4 is 5.97 Å². The van der Waals surface area contributed by atoms with E-state index in [0.717, 1.165) is 29.7 Å². The van der Waals surface area contributed by atoms with Crippen LogP contribution >= 0.6 is 0 Å². The Balaban J connectivity index is 1.57. The highest BCUT2D eigenvalue weighted by Gasteiger charge is 2.25. The van der Waals surface area contributed by atoms with E-state index < -0.39 is 0 Å². The summed E-state index contributed by atoms with van der Waals surface area (Å²) in [5, 5.41) is 0. The van der Waals surface area contributed by atoms with E-state index in [1.807, 2.05) is 19.1 Å². The monoisotopic (exact) mass is 566 g/mol. The van der Waals surface area contributed by atoms with Gasteiger partial charge >= 0.3 is 5.97 Å². The molecule has 0 saturated heterocycles. The van der Waals surface area contributed by atoms with Crippen molar-refractivity contribution in [3.8, 4) is 5.75 Å². The maximum Gasteiger partial charge on any atom is 0.314 e. The van der Waals surface area contributed by atoms with E-state index in [4.69, 9.17) is 9.47 Å². The highest BCUT2D eigenvalue weighted by atomic mass is 16.5. The first kappa shape index (κ1) is 34.9. The van der Waals surface area contributed by atoms with Crippen molar-refractivity contribution in [1.82, 2.24) is 0 Å². The Kier molecular flexibility index (Phi) is 17.5. The van der Waals surface area contributed by atoms with Crippen molar-refractivity contribution in [2.24, 2.45) is 5.92 Å². The van der Waals surface area contributed by atoms with Crippen LogP contribution in [0.15, 0.2) is 54.6 Å². The molecular weight excluding hydrogens is 506 g/mol. The predicted molar refractivity (Wildman–Crippen MR) is 173 cm³/mol. The largest absolute Gasteiger partial charge is 0.491 e. The van der Waals surface area contributed by atoms with E-state index in [2.05, 4.69) is 70.4 Å². The zero-order valence-electron chi connectivity index (χ0n) is 27.0. The third kappa shape index (κ3) is 16.6. The first-order chi connectivity index (χ1) is 19.8. The molecule has 2 atom stereocenters. The summed E-state index contributed by atoms with van der Waals surface area (Å²) in [4.78, 5) is 12.6. The maximum absolute atomic E-state index is 12.6. The minimum Gasteiger partial charge on any atom is -0.491 e. The average Bonchev–Trinajstić information content (AvgIpc) is 2.93. The number of ether oxygens (including phenoxy) is 2. The summed E-state index contributed by atoms with van der Waals surface area (Å²) < 4.78 is 12.5. The minimum absolute atomic E-state index is 0.00898. The molecule has 0 N–H and O–H groups in total. The molecule has 4 nitrogen and oxygen atoms in total. The smallest absolute Gasteiger partial charge is 0.314 e. The summed E-state index contributed by atoms with van der Waals surface area (Å²) in [6, 6.07) is 18.9. The van der Waals surface area contributed by atoms with Gasteiger partial charge in [-0.1, -0.05) is 120 Å². The second-order valence-electron chi connectivity index (χ2n) is 12.8. The Morgan fingerprint density at radius 2 is 1.34 bits per heavy atom. The number of benzene rings is 2.